The quantitative estimate of drug-likeness (QED) is 0.750. The van der Waals surface area contributed by atoms with Crippen molar-refractivity contribution in [3.63, 3.8) is 0 Å². The van der Waals surface area contributed by atoms with Crippen LogP contribution in [0.25, 0.3) is 21.6 Å². The number of fused-ring (bicyclic) bond motifs is 3. The first kappa shape index (κ1) is 12.7. The van der Waals surface area contributed by atoms with Crippen LogP contribution in [0, 0.1) is 5.92 Å². The molecule has 1 aliphatic rings. The number of aromatic amines is 1. The Balaban J connectivity index is 1.94. The van der Waals surface area contributed by atoms with Gasteiger partial charge in [-0.3, -0.25) is 9.78 Å². The van der Waals surface area contributed by atoms with E-state index < -0.39 is 0 Å². The first-order chi connectivity index (χ1) is 10.2. The predicted molar refractivity (Wildman–Crippen MR) is 84.7 cm³/mol. The smallest absolute Gasteiger partial charge is 0.260 e. The third-order valence-corrected chi connectivity index (χ3v) is 5.25. The van der Waals surface area contributed by atoms with Gasteiger partial charge in [-0.05, 0) is 42.9 Å². The van der Waals surface area contributed by atoms with Crippen LogP contribution in [0.1, 0.15) is 23.8 Å². The Labute approximate surface area is 125 Å². The molecule has 0 bridgehead atoms. The number of H-pyrrole nitrogens is 1. The molecule has 4 nitrogen and oxygen atoms in total. The van der Waals surface area contributed by atoms with Gasteiger partial charge in [-0.1, -0.05) is 6.92 Å². The number of rotatable bonds is 1. The second-order valence-electron chi connectivity index (χ2n) is 5.69. The molecule has 0 unspecified atom stereocenters. The van der Waals surface area contributed by atoms with Gasteiger partial charge in [0.05, 0.1) is 5.39 Å². The van der Waals surface area contributed by atoms with Crippen LogP contribution >= 0.6 is 11.3 Å². The molecule has 0 amide bonds. The minimum Gasteiger partial charge on any atom is -0.306 e. The molecule has 21 heavy (non-hydrogen) atoms. The van der Waals surface area contributed by atoms with Gasteiger partial charge in [-0.25, -0.2) is 4.98 Å². The van der Waals surface area contributed by atoms with E-state index >= 15 is 0 Å². The Morgan fingerprint density at radius 3 is 3.14 bits per heavy atom. The average Bonchev–Trinajstić information content (AvgIpc) is 2.85. The predicted octanol–water partition coefficient (Wildman–Crippen LogP) is 3.17. The van der Waals surface area contributed by atoms with Gasteiger partial charge in [-0.2, -0.15) is 0 Å². The molecule has 1 aliphatic carbocycles. The van der Waals surface area contributed by atoms with Gasteiger partial charge in [0.15, 0.2) is 0 Å². The van der Waals surface area contributed by atoms with Gasteiger partial charge in [0, 0.05) is 22.8 Å². The van der Waals surface area contributed by atoms with Crippen molar-refractivity contribution in [2.45, 2.75) is 26.2 Å². The number of thiophene rings is 1. The second kappa shape index (κ2) is 4.77. The molecule has 3 heterocycles. The lowest BCUT2D eigenvalue weighted by Crippen LogP contribution is -2.13. The molecule has 0 spiro atoms. The van der Waals surface area contributed by atoms with E-state index in [9.17, 15) is 4.79 Å². The van der Waals surface area contributed by atoms with E-state index in [1.165, 1.54) is 10.4 Å². The zero-order valence-corrected chi connectivity index (χ0v) is 12.5. The molecule has 1 N–H and O–H groups in total. The largest absolute Gasteiger partial charge is 0.306 e. The lowest BCUT2D eigenvalue weighted by atomic mass is 9.89. The fraction of sp³-hybridized carbons (Fsp3) is 0.312. The minimum absolute atomic E-state index is 0.0223. The van der Waals surface area contributed by atoms with Crippen molar-refractivity contribution in [2.24, 2.45) is 5.92 Å². The number of hydrogen-bond donors (Lipinski definition) is 1. The van der Waals surface area contributed by atoms with E-state index in [0.717, 1.165) is 35.0 Å². The van der Waals surface area contributed by atoms with Crippen LogP contribution in [-0.2, 0) is 12.8 Å². The normalized spacial score (nSPS) is 17.9. The number of aromatic nitrogens is 3. The molecule has 0 radical (unpaired) electrons. The van der Waals surface area contributed by atoms with Crippen LogP contribution in [0.5, 0.6) is 0 Å². The first-order valence-corrected chi connectivity index (χ1v) is 7.99. The summed E-state index contributed by atoms with van der Waals surface area (Å²) < 4.78 is 0. The molecule has 3 aromatic rings. The molecule has 3 aromatic heterocycles. The van der Waals surface area contributed by atoms with Crippen LogP contribution in [0.4, 0.5) is 0 Å². The third-order valence-electron chi connectivity index (χ3n) is 4.10. The average molecular weight is 297 g/mol. The minimum atomic E-state index is -0.0223. The van der Waals surface area contributed by atoms with Crippen molar-refractivity contribution in [1.29, 1.82) is 0 Å². The maximum absolute atomic E-state index is 12.5. The molecular formula is C16H15N3OS. The van der Waals surface area contributed by atoms with E-state index in [4.69, 9.17) is 0 Å². The molecule has 0 saturated carbocycles. The summed E-state index contributed by atoms with van der Waals surface area (Å²) in [5.41, 5.74) is 2.04. The van der Waals surface area contributed by atoms with Gasteiger partial charge in [-0.15, -0.1) is 11.3 Å². The number of nitrogens with zero attached hydrogens (tertiary/aromatic N) is 2. The van der Waals surface area contributed by atoms with Gasteiger partial charge in [0.1, 0.15) is 10.7 Å². The zero-order valence-electron chi connectivity index (χ0n) is 11.7. The summed E-state index contributed by atoms with van der Waals surface area (Å²) in [5.74, 6) is 1.30. The third kappa shape index (κ3) is 2.08. The summed E-state index contributed by atoms with van der Waals surface area (Å²) in [7, 11) is 0. The Kier molecular flexibility index (Phi) is 2.89. The Morgan fingerprint density at radius 2 is 2.33 bits per heavy atom. The number of nitrogens with one attached hydrogen (secondary N) is 1. The molecule has 106 valence electrons. The SMILES string of the molecule is C[C@@H]1CCc2c(sc3nc(-c4cccnc4)[nH]c(=O)c23)C1. The highest BCUT2D eigenvalue weighted by molar-refractivity contribution is 7.18. The summed E-state index contributed by atoms with van der Waals surface area (Å²) >= 11 is 1.67. The molecule has 0 saturated heterocycles. The zero-order chi connectivity index (χ0) is 14.4. The molecular weight excluding hydrogens is 282 g/mol. The maximum atomic E-state index is 12.5. The van der Waals surface area contributed by atoms with Crippen LogP contribution in [0.3, 0.4) is 0 Å². The topological polar surface area (TPSA) is 58.6 Å². The van der Waals surface area contributed by atoms with Crippen molar-refractivity contribution in [3.8, 4) is 11.4 Å². The highest BCUT2D eigenvalue weighted by Gasteiger charge is 2.23. The number of pyridine rings is 1. The fourth-order valence-corrected chi connectivity index (χ4v) is 4.37. The van der Waals surface area contributed by atoms with E-state index in [1.54, 1.807) is 23.7 Å². The Morgan fingerprint density at radius 1 is 1.43 bits per heavy atom. The summed E-state index contributed by atoms with van der Waals surface area (Å²) in [4.78, 5) is 26.3. The second-order valence-corrected chi connectivity index (χ2v) is 6.77. The van der Waals surface area contributed by atoms with Crippen molar-refractivity contribution in [3.05, 3.63) is 45.3 Å². The van der Waals surface area contributed by atoms with Gasteiger partial charge in [0.2, 0.25) is 0 Å². The summed E-state index contributed by atoms with van der Waals surface area (Å²) in [5, 5.41) is 0.801. The first-order valence-electron chi connectivity index (χ1n) is 7.17. The van der Waals surface area contributed by atoms with Gasteiger partial charge < -0.3 is 4.98 Å². The summed E-state index contributed by atoms with van der Waals surface area (Å²) in [6.45, 7) is 2.27. The fourth-order valence-electron chi connectivity index (χ4n) is 2.99. The van der Waals surface area contributed by atoms with Crippen LogP contribution < -0.4 is 5.56 Å². The van der Waals surface area contributed by atoms with Crippen molar-refractivity contribution in [2.75, 3.05) is 0 Å². The molecule has 1 atom stereocenters. The van der Waals surface area contributed by atoms with Crippen LogP contribution in [-0.4, -0.2) is 15.0 Å². The monoisotopic (exact) mass is 297 g/mol. The van der Waals surface area contributed by atoms with E-state index in [1.807, 2.05) is 12.1 Å². The molecule has 0 fully saturated rings. The van der Waals surface area contributed by atoms with Crippen molar-refractivity contribution >= 4 is 21.6 Å². The Hall–Kier alpha value is -2.01. The molecule has 4 rings (SSSR count). The van der Waals surface area contributed by atoms with E-state index in [-0.39, 0.29) is 5.56 Å². The summed E-state index contributed by atoms with van der Waals surface area (Å²) in [6.07, 6.45) is 6.65. The number of hydrogen-bond acceptors (Lipinski definition) is 4. The standard InChI is InChI=1S/C16H15N3OS/c1-9-4-5-11-12(7-9)21-16-13(11)15(20)18-14(19-16)10-3-2-6-17-8-10/h2-3,6,8-9H,4-5,7H2,1H3,(H,18,19,20)/t9-/m1/s1. The molecule has 5 heteroatoms. The maximum Gasteiger partial charge on any atom is 0.260 e. The lowest BCUT2D eigenvalue weighted by Gasteiger charge is -2.17. The van der Waals surface area contributed by atoms with Crippen molar-refractivity contribution < 1.29 is 0 Å². The molecule has 0 aromatic carbocycles. The van der Waals surface area contributed by atoms with Crippen LogP contribution in [0.15, 0.2) is 29.3 Å². The van der Waals surface area contributed by atoms with Crippen LogP contribution in [0.2, 0.25) is 0 Å². The molecule has 0 aliphatic heterocycles. The Bertz CT molecular complexity index is 866. The highest BCUT2D eigenvalue weighted by Crippen LogP contribution is 2.36. The van der Waals surface area contributed by atoms with E-state index in [2.05, 4.69) is 21.9 Å². The highest BCUT2D eigenvalue weighted by atomic mass is 32.1. The van der Waals surface area contributed by atoms with E-state index in [0.29, 0.717) is 11.7 Å². The summed E-state index contributed by atoms with van der Waals surface area (Å²) in [6, 6.07) is 3.76. The van der Waals surface area contributed by atoms with Gasteiger partial charge >= 0.3 is 0 Å². The number of aryl methyl sites for hydroxylation is 1. The van der Waals surface area contributed by atoms with Crippen molar-refractivity contribution in [1.82, 2.24) is 15.0 Å². The lowest BCUT2D eigenvalue weighted by molar-refractivity contribution is 0.509. The van der Waals surface area contributed by atoms with Gasteiger partial charge in [0.25, 0.3) is 5.56 Å².